The predicted octanol–water partition coefficient (Wildman–Crippen LogP) is 0.0850. The van der Waals surface area contributed by atoms with E-state index in [4.69, 9.17) is 9.52 Å². The Morgan fingerprint density at radius 1 is 1.47 bits per heavy atom. The summed E-state index contributed by atoms with van der Waals surface area (Å²) in [5.74, 6) is -1.79. The smallest absolute Gasteiger partial charge is 0.326 e. The molecule has 1 aliphatic rings. The second-order valence-corrected chi connectivity index (χ2v) is 4.24. The van der Waals surface area contributed by atoms with Gasteiger partial charge in [-0.05, 0) is 25.0 Å². The lowest BCUT2D eigenvalue weighted by atomic mass is 10.2. The SMILES string of the molecule is O=C(NCC(=O)N1CCC[C@@H]1C(=O)O)c1ccco1. The largest absolute Gasteiger partial charge is 0.480 e. The molecular formula is C12H14N2O5. The fourth-order valence-corrected chi connectivity index (χ4v) is 2.07. The van der Waals surface area contributed by atoms with Crippen LogP contribution in [0.3, 0.4) is 0 Å². The number of likely N-dealkylation sites (tertiary alicyclic amines) is 1. The summed E-state index contributed by atoms with van der Waals surface area (Å²) in [5.41, 5.74) is 0. The van der Waals surface area contributed by atoms with Crippen molar-refractivity contribution >= 4 is 17.8 Å². The molecular weight excluding hydrogens is 252 g/mol. The predicted molar refractivity (Wildman–Crippen MR) is 63.4 cm³/mol. The molecule has 0 saturated carbocycles. The Morgan fingerprint density at radius 3 is 2.89 bits per heavy atom. The minimum absolute atomic E-state index is 0.115. The van der Waals surface area contributed by atoms with Crippen LogP contribution in [0.1, 0.15) is 23.4 Å². The molecule has 2 heterocycles. The molecule has 2 rings (SSSR count). The fraction of sp³-hybridized carbons (Fsp3) is 0.417. The van der Waals surface area contributed by atoms with Gasteiger partial charge in [0.05, 0.1) is 12.8 Å². The summed E-state index contributed by atoms with van der Waals surface area (Å²) < 4.78 is 4.88. The van der Waals surface area contributed by atoms with E-state index in [0.717, 1.165) is 0 Å². The molecule has 7 heteroatoms. The van der Waals surface area contributed by atoms with E-state index in [0.29, 0.717) is 19.4 Å². The average molecular weight is 266 g/mol. The number of aliphatic carboxylic acids is 1. The van der Waals surface area contributed by atoms with Gasteiger partial charge in [0.25, 0.3) is 5.91 Å². The lowest BCUT2D eigenvalue weighted by Crippen LogP contribution is -2.45. The van der Waals surface area contributed by atoms with E-state index >= 15 is 0 Å². The van der Waals surface area contributed by atoms with Gasteiger partial charge in [-0.2, -0.15) is 0 Å². The third-order valence-electron chi connectivity index (χ3n) is 3.00. The van der Waals surface area contributed by atoms with Crippen LogP contribution >= 0.6 is 0 Å². The molecule has 0 aromatic carbocycles. The summed E-state index contributed by atoms with van der Waals surface area (Å²) in [4.78, 5) is 35.6. The molecule has 19 heavy (non-hydrogen) atoms. The lowest BCUT2D eigenvalue weighted by Gasteiger charge is -2.21. The van der Waals surface area contributed by atoms with Gasteiger partial charge < -0.3 is 19.7 Å². The Balaban J connectivity index is 1.88. The summed E-state index contributed by atoms with van der Waals surface area (Å²) in [6, 6.07) is 2.26. The van der Waals surface area contributed by atoms with Crippen LogP contribution in [-0.4, -0.2) is 46.9 Å². The third-order valence-corrected chi connectivity index (χ3v) is 3.00. The van der Waals surface area contributed by atoms with E-state index < -0.39 is 23.8 Å². The summed E-state index contributed by atoms with van der Waals surface area (Å²) in [7, 11) is 0. The maximum absolute atomic E-state index is 11.9. The number of carbonyl (C=O) groups excluding carboxylic acids is 2. The summed E-state index contributed by atoms with van der Waals surface area (Å²) in [6.07, 6.45) is 2.47. The number of nitrogens with one attached hydrogen (secondary N) is 1. The highest BCUT2D eigenvalue weighted by atomic mass is 16.4. The molecule has 1 atom stereocenters. The van der Waals surface area contributed by atoms with Crippen LogP contribution in [0.2, 0.25) is 0 Å². The highest BCUT2D eigenvalue weighted by Gasteiger charge is 2.33. The normalized spacial score (nSPS) is 18.3. The molecule has 0 aliphatic carbocycles. The van der Waals surface area contributed by atoms with Crippen molar-refractivity contribution in [3.8, 4) is 0 Å². The number of carbonyl (C=O) groups is 3. The minimum Gasteiger partial charge on any atom is -0.480 e. The van der Waals surface area contributed by atoms with Crippen molar-refractivity contribution < 1.29 is 23.9 Å². The number of rotatable bonds is 4. The standard InChI is InChI=1S/C12H14N2O5/c15-10(14-5-1-3-8(14)12(17)18)7-13-11(16)9-4-2-6-19-9/h2,4,6,8H,1,3,5,7H2,(H,13,16)(H,17,18)/t8-/m1/s1. The van der Waals surface area contributed by atoms with Crippen molar-refractivity contribution in [1.29, 1.82) is 0 Å². The molecule has 0 radical (unpaired) electrons. The van der Waals surface area contributed by atoms with Gasteiger partial charge in [0.2, 0.25) is 5.91 Å². The number of hydrogen-bond donors (Lipinski definition) is 2. The molecule has 0 spiro atoms. The highest BCUT2D eigenvalue weighted by molar-refractivity contribution is 5.94. The summed E-state index contributed by atoms with van der Waals surface area (Å²) in [5, 5.41) is 11.4. The van der Waals surface area contributed by atoms with Gasteiger partial charge in [0.15, 0.2) is 5.76 Å². The monoisotopic (exact) mass is 266 g/mol. The van der Waals surface area contributed by atoms with Crippen molar-refractivity contribution in [2.24, 2.45) is 0 Å². The molecule has 0 bridgehead atoms. The zero-order valence-electron chi connectivity index (χ0n) is 10.2. The van der Waals surface area contributed by atoms with E-state index in [9.17, 15) is 14.4 Å². The van der Waals surface area contributed by atoms with Crippen LogP contribution in [0.4, 0.5) is 0 Å². The van der Waals surface area contributed by atoms with Crippen LogP contribution in [-0.2, 0) is 9.59 Å². The zero-order valence-corrected chi connectivity index (χ0v) is 10.2. The highest BCUT2D eigenvalue weighted by Crippen LogP contribution is 2.17. The minimum atomic E-state index is -1.01. The van der Waals surface area contributed by atoms with Crippen molar-refractivity contribution in [3.05, 3.63) is 24.2 Å². The molecule has 1 aromatic rings. The van der Waals surface area contributed by atoms with E-state index in [1.54, 1.807) is 6.07 Å². The maximum Gasteiger partial charge on any atom is 0.326 e. The van der Waals surface area contributed by atoms with Crippen LogP contribution in [0.15, 0.2) is 22.8 Å². The van der Waals surface area contributed by atoms with E-state index in [2.05, 4.69) is 5.32 Å². The Labute approximate surface area is 109 Å². The Kier molecular flexibility index (Phi) is 3.84. The number of carboxylic acids is 1. The van der Waals surface area contributed by atoms with Gasteiger partial charge in [-0.1, -0.05) is 0 Å². The van der Waals surface area contributed by atoms with Gasteiger partial charge in [-0.3, -0.25) is 9.59 Å². The number of hydrogen-bond acceptors (Lipinski definition) is 4. The summed E-state index contributed by atoms with van der Waals surface area (Å²) >= 11 is 0. The van der Waals surface area contributed by atoms with Gasteiger partial charge in [0.1, 0.15) is 6.04 Å². The van der Waals surface area contributed by atoms with E-state index in [1.165, 1.54) is 17.2 Å². The molecule has 1 fully saturated rings. The molecule has 102 valence electrons. The number of furan rings is 1. The fourth-order valence-electron chi connectivity index (χ4n) is 2.07. The van der Waals surface area contributed by atoms with Crippen LogP contribution in [0.5, 0.6) is 0 Å². The first-order valence-corrected chi connectivity index (χ1v) is 5.93. The molecule has 7 nitrogen and oxygen atoms in total. The molecule has 2 N–H and O–H groups in total. The average Bonchev–Trinajstić information content (AvgIpc) is 3.04. The van der Waals surface area contributed by atoms with Crippen molar-refractivity contribution in [2.45, 2.75) is 18.9 Å². The quantitative estimate of drug-likeness (QED) is 0.804. The number of carboxylic acid groups (broad SMARTS) is 1. The van der Waals surface area contributed by atoms with Crippen molar-refractivity contribution in [2.75, 3.05) is 13.1 Å². The molecule has 1 aromatic heterocycles. The van der Waals surface area contributed by atoms with Crippen molar-refractivity contribution in [1.82, 2.24) is 10.2 Å². The second-order valence-electron chi connectivity index (χ2n) is 4.24. The van der Waals surface area contributed by atoms with Gasteiger partial charge >= 0.3 is 5.97 Å². The molecule has 1 aliphatic heterocycles. The first kappa shape index (κ1) is 13.1. The van der Waals surface area contributed by atoms with Gasteiger partial charge in [0, 0.05) is 6.54 Å². The van der Waals surface area contributed by atoms with Crippen LogP contribution < -0.4 is 5.32 Å². The van der Waals surface area contributed by atoms with Crippen molar-refractivity contribution in [3.63, 3.8) is 0 Å². The number of nitrogens with zero attached hydrogens (tertiary/aromatic N) is 1. The second kappa shape index (κ2) is 5.55. The van der Waals surface area contributed by atoms with E-state index in [1.807, 2.05) is 0 Å². The molecule has 0 unspecified atom stereocenters. The molecule has 1 saturated heterocycles. The number of amides is 2. The van der Waals surface area contributed by atoms with Gasteiger partial charge in [-0.25, -0.2) is 4.79 Å². The maximum atomic E-state index is 11.9. The first-order valence-electron chi connectivity index (χ1n) is 5.93. The first-order chi connectivity index (χ1) is 9.09. The van der Waals surface area contributed by atoms with Crippen LogP contribution in [0, 0.1) is 0 Å². The topological polar surface area (TPSA) is 99.9 Å². The van der Waals surface area contributed by atoms with Crippen LogP contribution in [0.25, 0.3) is 0 Å². The Hall–Kier alpha value is -2.31. The molecule has 2 amide bonds. The lowest BCUT2D eigenvalue weighted by molar-refractivity contribution is -0.147. The van der Waals surface area contributed by atoms with E-state index in [-0.39, 0.29) is 12.3 Å². The Bertz CT molecular complexity index is 482. The third kappa shape index (κ3) is 2.93. The summed E-state index contributed by atoms with van der Waals surface area (Å²) in [6.45, 7) is 0.176. The van der Waals surface area contributed by atoms with Gasteiger partial charge in [-0.15, -0.1) is 0 Å². The zero-order chi connectivity index (χ0) is 13.8. The Morgan fingerprint density at radius 2 is 2.26 bits per heavy atom.